The SMILES string of the molecule is O=S(=O)(Cc1ccccc1)N1Cc2ccccc2[C@H]1c1c[nH]c2ccccc12. The third-order valence-corrected chi connectivity index (χ3v) is 7.18. The van der Waals surface area contributed by atoms with Gasteiger partial charge in [-0.05, 0) is 22.8 Å². The van der Waals surface area contributed by atoms with Gasteiger partial charge in [0.15, 0.2) is 0 Å². The fourth-order valence-corrected chi connectivity index (χ4v) is 5.79. The van der Waals surface area contributed by atoms with Gasteiger partial charge in [-0.3, -0.25) is 0 Å². The number of aromatic amines is 1. The molecule has 0 saturated heterocycles. The molecule has 4 aromatic rings. The lowest BCUT2D eigenvalue weighted by Gasteiger charge is -2.25. The van der Waals surface area contributed by atoms with Crippen molar-refractivity contribution in [1.29, 1.82) is 0 Å². The summed E-state index contributed by atoms with van der Waals surface area (Å²) in [6, 6.07) is 25.1. The predicted molar refractivity (Wildman–Crippen MR) is 111 cm³/mol. The van der Waals surface area contributed by atoms with Crippen LogP contribution in [0.4, 0.5) is 0 Å². The average Bonchev–Trinajstić information content (AvgIpc) is 3.30. The van der Waals surface area contributed by atoms with E-state index in [0.717, 1.165) is 33.2 Å². The van der Waals surface area contributed by atoms with Crippen LogP contribution in [0.2, 0.25) is 0 Å². The molecule has 4 nitrogen and oxygen atoms in total. The first kappa shape index (κ1) is 17.2. The first-order valence-electron chi connectivity index (χ1n) is 9.31. The Morgan fingerprint density at radius 3 is 2.43 bits per heavy atom. The number of nitrogens with zero attached hydrogens (tertiary/aromatic N) is 1. The van der Waals surface area contributed by atoms with E-state index in [1.54, 1.807) is 4.31 Å². The summed E-state index contributed by atoms with van der Waals surface area (Å²) in [5, 5.41) is 1.06. The highest BCUT2D eigenvalue weighted by atomic mass is 32.2. The second kappa shape index (κ2) is 6.62. The summed E-state index contributed by atoms with van der Waals surface area (Å²) in [6.45, 7) is 0.398. The van der Waals surface area contributed by atoms with Gasteiger partial charge in [0.1, 0.15) is 0 Å². The van der Waals surface area contributed by atoms with Gasteiger partial charge in [0, 0.05) is 29.2 Å². The van der Waals surface area contributed by atoms with Crippen molar-refractivity contribution in [2.45, 2.75) is 18.3 Å². The maximum atomic E-state index is 13.4. The molecule has 0 amide bonds. The maximum absolute atomic E-state index is 13.4. The number of H-pyrrole nitrogens is 1. The van der Waals surface area contributed by atoms with Crippen LogP contribution in [-0.4, -0.2) is 17.7 Å². The molecule has 140 valence electrons. The van der Waals surface area contributed by atoms with E-state index in [0.29, 0.717) is 6.54 Å². The number of nitrogens with one attached hydrogen (secondary N) is 1. The molecule has 1 atom stereocenters. The number of hydrogen-bond donors (Lipinski definition) is 1. The maximum Gasteiger partial charge on any atom is 0.219 e. The third kappa shape index (κ3) is 2.84. The molecule has 1 N–H and O–H groups in total. The first-order valence-corrected chi connectivity index (χ1v) is 10.9. The molecule has 1 aromatic heterocycles. The lowest BCUT2D eigenvalue weighted by atomic mass is 9.98. The summed E-state index contributed by atoms with van der Waals surface area (Å²) in [6.07, 6.45) is 1.95. The zero-order valence-corrected chi connectivity index (χ0v) is 16.1. The average molecular weight is 388 g/mol. The van der Waals surface area contributed by atoms with E-state index < -0.39 is 10.0 Å². The Balaban J connectivity index is 1.63. The normalized spacial score (nSPS) is 17.1. The van der Waals surface area contributed by atoms with E-state index in [1.807, 2.05) is 85.1 Å². The Morgan fingerprint density at radius 2 is 1.57 bits per heavy atom. The van der Waals surface area contributed by atoms with E-state index in [1.165, 1.54) is 0 Å². The van der Waals surface area contributed by atoms with Crippen molar-refractivity contribution in [2.75, 3.05) is 0 Å². The molecule has 0 aliphatic carbocycles. The van der Waals surface area contributed by atoms with Gasteiger partial charge in [-0.1, -0.05) is 72.8 Å². The largest absolute Gasteiger partial charge is 0.361 e. The monoisotopic (exact) mass is 388 g/mol. The van der Waals surface area contributed by atoms with Gasteiger partial charge in [-0.2, -0.15) is 4.31 Å². The van der Waals surface area contributed by atoms with Gasteiger partial charge in [0.25, 0.3) is 0 Å². The second-order valence-electron chi connectivity index (χ2n) is 7.18. The molecule has 0 fully saturated rings. The number of hydrogen-bond acceptors (Lipinski definition) is 2. The van der Waals surface area contributed by atoms with Gasteiger partial charge in [-0.25, -0.2) is 8.42 Å². The van der Waals surface area contributed by atoms with E-state index in [2.05, 4.69) is 4.98 Å². The van der Waals surface area contributed by atoms with Crippen LogP contribution < -0.4 is 0 Å². The molecule has 3 aromatic carbocycles. The number of rotatable bonds is 4. The molecule has 0 spiro atoms. The number of fused-ring (bicyclic) bond motifs is 2. The molecule has 0 unspecified atom stereocenters. The Hall–Kier alpha value is -2.89. The van der Waals surface area contributed by atoms with Crippen molar-refractivity contribution in [3.05, 3.63) is 107 Å². The summed E-state index contributed by atoms with van der Waals surface area (Å²) < 4.78 is 28.5. The fraction of sp³-hybridized carbons (Fsp3) is 0.130. The number of para-hydroxylation sites is 1. The third-order valence-electron chi connectivity index (χ3n) is 5.43. The minimum Gasteiger partial charge on any atom is -0.361 e. The highest BCUT2D eigenvalue weighted by Gasteiger charge is 2.39. The molecule has 0 bridgehead atoms. The highest BCUT2D eigenvalue weighted by molar-refractivity contribution is 7.88. The Labute approximate surface area is 164 Å². The van der Waals surface area contributed by atoms with Gasteiger partial charge in [0.2, 0.25) is 10.0 Å². The number of sulfonamides is 1. The molecule has 0 saturated carbocycles. The smallest absolute Gasteiger partial charge is 0.219 e. The Morgan fingerprint density at radius 1 is 0.857 bits per heavy atom. The van der Waals surface area contributed by atoms with Crippen LogP contribution in [0.1, 0.15) is 28.3 Å². The van der Waals surface area contributed by atoms with Gasteiger partial charge in [0.05, 0.1) is 11.8 Å². The quantitative estimate of drug-likeness (QED) is 0.555. The molecule has 28 heavy (non-hydrogen) atoms. The molecule has 0 radical (unpaired) electrons. The van der Waals surface area contributed by atoms with Crippen LogP contribution in [-0.2, 0) is 22.3 Å². The Bertz CT molecular complexity index is 1250. The van der Waals surface area contributed by atoms with Crippen LogP contribution in [0.25, 0.3) is 10.9 Å². The lowest BCUT2D eigenvalue weighted by Crippen LogP contribution is -2.31. The molecular formula is C23H20N2O2S. The standard InChI is InChI=1S/C23H20N2O2S/c26-28(27,16-17-8-2-1-3-9-17)25-15-18-10-4-5-11-19(18)23(25)21-14-24-22-13-7-6-12-20(21)22/h1-14,23-24H,15-16H2/t23-/m0/s1. The highest BCUT2D eigenvalue weighted by Crippen LogP contribution is 2.43. The van der Waals surface area contributed by atoms with Crippen molar-refractivity contribution in [3.63, 3.8) is 0 Å². The predicted octanol–water partition coefficient (Wildman–Crippen LogP) is 4.60. The summed E-state index contributed by atoms with van der Waals surface area (Å²) in [4.78, 5) is 3.30. The van der Waals surface area contributed by atoms with Gasteiger partial charge < -0.3 is 4.98 Å². The number of benzene rings is 3. The van der Waals surface area contributed by atoms with E-state index in [9.17, 15) is 8.42 Å². The molecule has 1 aliphatic rings. The topological polar surface area (TPSA) is 53.2 Å². The van der Waals surface area contributed by atoms with E-state index >= 15 is 0 Å². The zero-order valence-electron chi connectivity index (χ0n) is 15.2. The van der Waals surface area contributed by atoms with Crippen LogP contribution in [0.5, 0.6) is 0 Å². The zero-order chi connectivity index (χ0) is 19.1. The van der Waals surface area contributed by atoms with Gasteiger partial charge >= 0.3 is 0 Å². The van der Waals surface area contributed by atoms with Crippen molar-refractivity contribution < 1.29 is 8.42 Å². The van der Waals surface area contributed by atoms with Crippen molar-refractivity contribution >= 4 is 20.9 Å². The van der Waals surface area contributed by atoms with E-state index in [-0.39, 0.29) is 11.8 Å². The van der Waals surface area contributed by atoms with Gasteiger partial charge in [-0.15, -0.1) is 0 Å². The molecule has 5 heteroatoms. The van der Waals surface area contributed by atoms with Crippen molar-refractivity contribution in [2.24, 2.45) is 0 Å². The molecule has 1 aliphatic heterocycles. The van der Waals surface area contributed by atoms with Crippen LogP contribution in [0, 0.1) is 0 Å². The van der Waals surface area contributed by atoms with Crippen LogP contribution in [0.15, 0.2) is 85.1 Å². The minimum absolute atomic E-state index is 0.000679. The van der Waals surface area contributed by atoms with Crippen LogP contribution >= 0.6 is 0 Å². The summed E-state index contributed by atoms with van der Waals surface area (Å²) in [5.74, 6) is 0.000679. The molecule has 2 heterocycles. The lowest BCUT2D eigenvalue weighted by molar-refractivity contribution is 0.388. The van der Waals surface area contributed by atoms with Crippen LogP contribution in [0.3, 0.4) is 0 Å². The summed E-state index contributed by atoms with van der Waals surface area (Å²) >= 11 is 0. The Kier molecular flexibility index (Phi) is 4.07. The summed E-state index contributed by atoms with van der Waals surface area (Å²) in [5.41, 5.74) is 4.94. The minimum atomic E-state index is -3.51. The van der Waals surface area contributed by atoms with E-state index in [4.69, 9.17) is 0 Å². The van der Waals surface area contributed by atoms with Crippen molar-refractivity contribution in [3.8, 4) is 0 Å². The molecular weight excluding hydrogens is 368 g/mol. The first-order chi connectivity index (χ1) is 13.6. The summed E-state index contributed by atoms with van der Waals surface area (Å²) in [7, 11) is -3.51. The fourth-order valence-electron chi connectivity index (χ4n) is 4.13. The molecule has 5 rings (SSSR count). The second-order valence-corrected chi connectivity index (χ2v) is 9.10. The van der Waals surface area contributed by atoms with Crippen molar-refractivity contribution in [1.82, 2.24) is 9.29 Å². The number of aromatic nitrogens is 1.